The molecule has 0 heterocycles. The van der Waals surface area contributed by atoms with Crippen LogP contribution in [0.25, 0.3) is 0 Å². The Balaban J connectivity index is 2.07. The van der Waals surface area contributed by atoms with Crippen LogP contribution in [0.1, 0.15) is 43.5 Å². The fourth-order valence-electron chi connectivity index (χ4n) is 2.39. The van der Waals surface area contributed by atoms with Crippen molar-refractivity contribution in [2.45, 2.75) is 33.1 Å². The van der Waals surface area contributed by atoms with E-state index in [0.717, 1.165) is 0 Å². The summed E-state index contributed by atoms with van der Waals surface area (Å²) >= 11 is 0. The number of amides is 1. The molecule has 1 saturated carbocycles. The molecule has 1 amide bonds. The predicted octanol–water partition coefficient (Wildman–Crippen LogP) is 2.59. The molecule has 104 valence electrons. The van der Waals surface area contributed by atoms with Gasteiger partial charge >= 0.3 is 0 Å². The van der Waals surface area contributed by atoms with E-state index in [4.69, 9.17) is 10.5 Å². The van der Waals surface area contributed by atoms with Gasteiger partial charge in [0.2, 0.25) is 0 Å². The van der Waals surface area contributed by atoms with Gasteiger partial charge in [0.25, 0.3) is 5.91 Å². The van der Waals surface area contributed by atoms with Crippen LogP contribution in [-0.2, 0) is 0 Å². The molecule has 1 aliphatic carbocycles. The van der Waals surface area contributed by atoms with Crippen molar-refractivity contribution in [3.05, 3.63) is 23.8 Å². The number of anilines is 1. The lowest BCUT2D eigenvalue weighted by Crippen LogP contribution is -2.40. The summed E-state index contributed by atoms with van der Waals surface area (Å²) in [5.74, 6) is 0.380. The zero-order valence-electron chi connectivity index (χ0n) is 11.7. The first-order valence-corrected chi connectivity index (χ1v) is 6.85. The molecule has 0 aliphatic heterocycles. The zero-order valence-corrected chi connectivity index (χ0v) is 11.7. The van der Waals surface area contributed by atoms with Gasteiger partial charge in [-0.25, -0.2) is 0 Å². The second-order valence-electron chi connectivity index (χ2n) is 5.50. The van der Waals surface area contributed by atoms with Gasteiger partial charge in [-0.3, -0.25) is 4.79 Å². The van der Waals surface area contributed by atoms with E-state index in [2.05, 4.69) is 12.2 Å². The second-order valence-corrected chi connectivity index (χ2v) is 5.50. The number of benzene rings is 1. The minimum atomic E-state index is -0.108. The first-order valence-electron chi connectivity index (χ1n) is 6.85. The van der Waals surface area contributed by atoms with Crippen LogP contribution < -0.4 is 15.8 Å². The van der Waals surface area contributed by atoms with Crippen LogP contribution in [0.3, 0.4) is 0 Å². The molecule has 1 aromatic rings. The Bertz CT molecular complexity index is 467. The van der Waals surface area contributed by atoms with Crippen molar-refractivity contribution in [3.63, 3.8) is 0 Å². The SMILES string of the molecule is CCOc1c(N)cccc1C(=O)NCC1(C)CCC1. The predicted molar refractivity (Wildman–Crippen MR) is 76.3 cm³/mol. The highest BCUT2D eigenvalue weighted by Crippen LogP contribution is 2.39. The Kier molecular flexibility index (Phi) is 3.98. The van der Waals surface area contributed by atoms with Crippen molar-refractivity contribution in [1.29, 1.82) is 0 Å². The molecule has 1 aromatic carbocycles. The molecular weight excluding hydrogens is 240 g/mol. The molecule has 0 saturated heterocycles. The molecule has 3 N–H and O–H groups in total. The average molecular weight is 262 g/mol. The van der Waals surface area contributed by atoms with Gasteiger partial charge in [0.1, 0.15) is 0 Å². The number of para-hydroxylation sites is 1. The number of nitrogen functional groups attached to an aromatic ring is 1. The number of ether oxygens (including phenoxy) is 1. The lowest BCUT2D eigenvalue weighted by atomic mass is 9.70. The Morgan fingerprint density at radius 3 is 2.79 bits per heavy atom. The summed E-state index contributed by atoms with van der Waals surface area (Å²) in [6.07, 6.45) is 3.62. The van der Waals surface area contributed by atoms with Crippen LogP contribution >= 0.6 is 0 Å². The van der Waals surface area contributed by atoms with Crippen molar-refractivity contribution in [2.75, 3.05) is 18.9 Å². The normalized spacial score (nSPS) is 16.5. The average Bonchev–Trinajstić information content (AvgIpc) is 2.36. The molecule has 19 heavy (non-hydrogen) atoms. The van der Waals surface area contributed by atoms with Crippen molar-refractivity contribution in [1.82, 2.24) is 5.32 Å². The van der Waals surface area contributed by atoms with E-state index in [1.165, 1.54) is 19.3 Å². The highest BCUT2D eigenvalue weighted by Gasteiger charge is 2.32. The van der Waals surface area contributed by atoms with Crippen LogP contribution in [0.5, 0.6) is 5.75 Å². The minimum Gasteiger partial charge on any atom is -0.491 e. The highest BCUT2D eigenvalue weighted by atomic mass is 16.5. The van der Waals surface area contributed by atoms with Gasteiger partial charge in [0, 0.05) is 6.54 Å². The number of nitrogens with two attached hydrogens (primary N) is 1. The lowest BCUT2D eigenvalue weighted by Gasteiger charge is -2.38. The van der Waals surface area contributed by atoms with Gasteiger partial charge in [0.05, 0.1) is 17.9 Å². The monoisotopic (exact) mass is 262 g/mol. The Morgan fingerprint density at radius 1 is 1.47 bits per heavy atom. The van der Waals surface area contributed by atoms with Gasteiger partial charge in [-0.05, 0) is 37.3 Å². The van der Waals surface area contributed by atoms with Gasteiger partial charge in [-0.15, -0.1) is 0 Å². The minimum absolute atomic E-state index is 0.108. The smallest absolute Gasteiger partial charge is 0.255 e. The number of hydrogen-bond donors (Lipinski definition) is 2. The van der Waals surface area contributed by atoms with Crippen LogP contribution in [0, 0.1) is 5.41 Å². The number of nitrogens with one attached hydrogen (secondary N) is 1. The Hall–Kier alpha value is -1.71. The third kappa shape index (κ3) is 3.00. The summed E-state index contributed by atoms with van der Waals surface area (Å²) in [5, 5.41) is 2.99. The van der Waals surface area contributed by atoms with Crippen molar-refractivity contribution in [2.24, 2.45) is 5.41 Å². The van der Waals surface area contributed by atoms with Crippen LogP contribution in [0.15, 0.2) is 18.2 Å². The third-order valence-electron chi connectivity index (χ3n) is 3.82. The lowest BCUT2D eigenvalue weighted by molar-refractivity contribution is 0.0887. The highest BCUT2D eigenvalue weighted by molar-refractivity contribution is 5.98. The van der Waals surface area contributed by atoms with Gasteiger partial charge in [-0.1, -0.05) is 19.4 Å². The summed E-state index contributed by atoms with van der Waals surface area (Å²) < 4.78 is 5.48. The van der Waals surface area contributed by atoms with E-state index in [-0.39, 0.29) is 11.3 Å². The van der Waals surface area contributed by atoms with Crippen molar-refractivity contribution >= 4 is 11.6 Å². The maximum absolute atomic E-state index is 12.2. The molecule has 1 fully saturated rings. The quantitative estimate of drug-likeness (QED) is 0.802. The molecule has 0 atom stereocenters. The van der Waals surface area contributed by atoms with Crippen molar-refractivity contribution < 1.29 is 9.53 Å². The molecule has 0 unspecified atom stereocenters. The van der Waals surface area contributed by atoms with E-state index in [1.54, 1.807) is 18.2 Å². The summed E-state index contributed by atoms with van der Waals surface area (Å²) in [5.41, 5.74) is 7.15. The Morgan fingerprint density at radius 2 is 2.21 bits per heavy atom. The van der Waals surface area contributed by atoms with E-state index in [1.807, 2.05) is 6.92 Å². The van der Waals surface area contributed by atoms with Crippen molar-refractivity contribution in [3.8, 4) is 5.75 Å². The fraction of sp³-hybridized carbons (Fsp3) is 0.533. The molecular formula is C15H22N2O2. The standard InChI is InChI=1S/C15H22N2O2/c1-3-19-13-11(6-4-7-12(13)16)14(18)17-10-15(2)8-5-9-15/h4,6-7H,3,5,8-10,16H2,1-2H3,(H,17,18). The largest absolute Gasteiger partial charge is 0.491 e. The molecule has 0 bridgehead atoms. The van der Waals surface area contributed by atoms with Crippen LogP contribution in [0.2, 0.25) is 0 Å². The number of carbonyl (C=O) groups excluding carboxylic acids is 1. The van der Waals surface area contributed by atoms with Crippen LogP contribution in [0.4, 0.5) is 5.69 Å². The number of rotatable bonds is 5. The van der Waals surface area contributed by atoms with E-state index in [9.17, 15) is 4.79 Å². The first kappa shape index (κ1) is 13.7. The second kappa shape index (κ2) is 5.51. The van der Waals surface area contributed by atoms with E-state index >= 15 is 0 Å². The molecule has 0 spiro atoms. The molecule has 2 rings (SSSR count). The topological polar surface area (TPSA) is 64.3 Å². The molecule has 1 aliphatic rings. The maximum atomic E-state index is 12.2. The zero-order chi connectivity index (χ0) is 13.9. The summed E-state index contributed by atoms with van der Waals surface area (Å²) in [6.45, 7) is 5.29. The summed E-state index contributed by atoms with van der Waals surface area (Å²) in [6, 6.07) is 5.27. The van der Waals surface area contributed by atoms with E-state index < -0.39 is 0 Å². The molecule has 4 nitrogen and oxygen atoms in total. The molecule has 0 radical (unpaired) electrons. The molecule has 4 heteroatoms. The molecule has 0 aromatic heterocycles. The number of hydrogen-bond acceptors (Lipinski definition) is 3. The number of carbonyl (C=O) groups is 1. The third-order valence-corrected chi connectivity index (χ3v) is 3.82. The maximum Gasteiger partial charge on any atom is 0.255 e. The fourth-order valence-corrected chi connectivity index (χ4v) is 2.39. The summed E-state index contributed by atoms with van der Waals surface area (Å²) in [4.78, 5) is 12.2. The summed E-state index contributed by atoms with van der Waals surface area (Å²) in [7, 11) is 0. The Labute approximate surface area is 114 Å². The van der Waals surface area contributed by atoms with Gasteiger partial charge < -0.3 is 15.8 Å². The first-order chi connectivity index (χ1) is 9.06. The van der Waals surface area contributed by atoms with Gasteiger partial charge in [-0.2, -0.15) is 0 Å². The van der Waals surface area contributed by atoms with Crippen LogP contribution in [-0.4, -0.2) is 19.1 Å². The van der Waals surface area contributed by atoms with Gasteiger partial charge in [0.15, 0.2) is 5.75 Å². The van der Waals surface area contributed by atoms with E-state index in [0.29, 0.717) is 30.2 Å².